The summed E-state index contributed by atoms with van der Waals surface area (Å²) in [5.74, 6) is -1.24. The van der Waals surface area contributed by atoms with E-state index in [4.69, 9.17) is 5.11 Å². The van der Waals surface area contributed by atoms with E-state index in [0.29, 0.717) is 16.1 Å². The molecule has 0 radical (unpaired) electrons. The van der Waals surface area contributed by atoms with E-state index in [-0.39, 0.29) is 0 Å². The Labute approximate surface area is 93.1 Å². The van der Waals surface area contributed by atoms with Gasteiger partial charge in [0.2, 0.25) is 0 Å². The van der Waals surface area contributed by atoms with Gasteiger partial charge in [-0.3, -0.25) is 9.20 Å². The minimum atomic E-state index is -0.933. The zero-order valence-corrected chi connectivity index (χ0v) is 9.34. The van der Waals surface area contributed by atoms with Crippen molar-refractivity contribution in [3.05, 3.63) is 22.8 Å². The molecule has 0 amide bonds. The third-order valence-corrected chi connectivity index (χ3v) is 2.45. The van der Waals surface area contributed by atoms with Gasteiger partial charge in [-0.2, -0.15) is 0 Å². The van der Waals surface area contributed by atoms with Crippen molar-refractivity contribution in [3.8, 4) is 0 Å². The molecule has 2 aromatic rings. The lowest BCUT2D eigenvalue weighted by Gasteiger charge is -2.03. The van der Waals surface area contributed by atoms with Gasteiger partial charge in [-0.15, -0.1) is 10.2 Å². The van der Waals surface area contributed by atoms with Crippen molar-refractivity contribution >= 4 is 27.5 Å². The first-order chi connectivity index (χ1) is 7.09. The summed E-state index contributed by atoms with van der Waals surface area (Å²) >= 11 is 3.20. The smallest absolute Gasteiger partial charge is 0.313 e. The van der Waals surface area contributed by atoms with Crippen LogP contribution in [0.5, 0.6) is 0 Å². The fourth-order valence-electron chi connectivity index (χ4n) is 1.20. The van der Waals surface area contributed by atoms with Gasteiger partial charge in [0.05, 0.1) is 6.20 Å². The predicted molar refractivity (Wildman–Crippen MR) is 54.5 cm³/mol. The van der Waals surface area contributed by atoms with Crippen LogP contribution in [0.2, 0.25) is 0 Å². The number of aromatic nitrogens is 4. The van der Waals surface area contributed by atoms with E-state index < -0.39 is 11.9 Å². The van der Waals surface area contributed by atoms with Crippen LogP contribution in [0.3, 0.4) is 0 Å². The highest BCUT2D eigenvalue weighted by Crippen LogP contribution is 2.15. The first-order valence-electron chi connectivity index (χ1n) is 4.18. The standard InChI is InChI=1S/C8H7BrN4O2/c1-4(8(14)15)7-12-11-6-2-10-5(9)3-13(6)7/h2-4H,1H3,(H,14,15). The Kier molecular flexibility index (Phi) is 2.39. The van der Waals surface area contributed by atoms with Crippen molar-refractivity contribution < 1.29 is 9.90 Å². The molecule has 0 aromatic carbocycles. The maximum Gasteiger partial charge on any atom is 0.313 e. The predicted octanol–water partition coefficient (Wildman–Crippen LogP) is 1.07. The molecule has 2 aromatic heterocycles. The number of fused-ring (bicyclic) bond motifs is 1. The van der Waals surface area contributed by atoms with Crippen LogP contribution in [0.15, 0.2) is 17.0 Å². The van der Waals surface area contributed by atoms with E-state index in [2.05, 4.69) is 31.1 Å². The van der Waals surface area contributed by atoms with Gasteiger partial charge in [0.1, 0.15) is 10.5 Å². The van der Waals surface area contributed by atoms with Crippen LogP contribution in [-0.2, 0) is 4.79 Å². The maximum atomic E-state index is 10.8. The molecule has 0 saturated heterocycles. The Morgan fingerprint density at radius 2 is 2.33 bits per heavy atom. The molecule has 0 aliphatic heterocycles. The summed E-state index contributed by atoms with van der Waals surface area (Å²) in [6.07, 6.45) is 3.17. The number of carbonyl (C=O) groups is 1. The van der Waals surface area contributed by atoms with Crippen LogP contribution in [0.1, 0.15) is 18.7 Å². The average Bonchev–Trinajstić information content (AvgIpc) is 2.59. The molecule has 6 nitrogen and oxygen atoms in total. The van der Waals surface area contributed by atoms with Gasteiger partial charge >= 0.3 is 5.97 Å². The van der Waals surface area contributed by atoms with Gasteiger partial charge in [0.15, 0.2) is 11.5 Å². The van der Waals surface area contributed by atoms with Crippen molar-refractivity contribution in [2.24, 2.45) is 0 Å². The number of rotatable bonds is 2. The highest BCUT2D eigenvalue weighted by atomic mass is 79.9. The third-order valence-electron chi connectivity index (χ3n) is 2.05. The minimum Gasteiger partial charge on any atom is -0.481 e. The summed E-state index contributed by atoms with van der Waals surface area (Å²) in [5.41, 5.74) is 0.529. The molecular formula is C8H7BrN4O2. The lowest BCUT2D eigenvalue weighted by Crippen LogP contribution is -2.11. The maximum absolute atomic E-state index is 10.8. The summed E-state index contributed by atoms with van der Waals surface area (Å²) in [7, 11) is 0. The van der Waals surface area contributed by atoms with Crippen LogP contribution in [0.25, 0.3) is 5.65 Å². The van der Waals surface area contributed by atoms with E-state index in [9.17, 15) is 4.79 Å². The van der Waals surface area contributed by atoms with Gasteiger partial charge in [-0.1, -0.05) is 0 Å². The number of nitrogens with zero attached hydrogens (tertiary/aromatic N) is 4. The Morgan fingerprint density at radius 1 is 1.60 bits per heavy atom. The highest BCUT2D eigenvalue weighted by Gasteiger charge is 2.20. The van der Waals surface area contributed by atoms with Crippen molar-refractivity contribution in [2.45, 2.75) is 12.8 Å². The van der Waals surface area contributed by atoms with Crippen LogP contribution in [0.4, 0.5) is 0 Å². The molecule has 78 valence electrons. The molecule has 1 unspecified atom stereocenters. The number of halogens is 1. The molecule has 1 atom stereocenters. The second-order valence-electron chi connectivity index (χ2n) is 3.06. The van der Waals surface area contributed by atoms with Crippen LogP contribution >= 0.6 is 15.9 Å². The topological polar surface area (TPSA) is 80.4 Å². The summed E-state index contributed by atoms with van der Waals surface area (Å²) in [6.45, 7) is 1.56. The van der Waals surface area contributed by atoms with Gasteiger partial charge in [0.25, 0.3) is 0 Å². The van der Waals surface area contributed by atoms with E-state index >= 15 is 0 Å². The second-order valence-corrected chi connectivity index (χ2v) is 3.87. The van der Waals surface area contributed by atoms with Crippen molar-refractivity contribution in [1.82, 2.24) is 19.6 Å². The molecule has 0 saturated carbocycles. The fraction of sp³-hybridized carbons (Fsp3) is 0.250. The summed E-state index contributed by atoms with van der Waals surface area (Å²) in [5, 5.41) is 16.5. The largest absolute Gasteiger partial charge is 0.481 e. The van der Waals surface area contributed by atoms with Crippen molar-refractivity contribution in [1.29, 1.82) is 0 Å². The molecule has 0 aliphatic carbocycles. The average molecular weight is 271 g/mol. The molecule has 7 heteroatoms. The molecule has 2 rings (SSSR count). The zero-order chi connectivity index (χ0) is 11.0. The van der Waals surface area contributed by atoms with Crippen LogP contribution in [-0.4, -0.2) is 30.7 Å². The van der Waals surface area contributed by atoms with Gasteiger partial charge in [-0.05, 0) is 22.9 Å². The molecule has 15 heavy (non-hydrogen) atoms. The quantitative estimate of drug-likeness (QED) is 0.883. The zero-order valence-electron chi connectivity index (χ0n) is 7.75. The van der Waals surface area contributed by atoms with Gasteiger partial charge < -0.3 is 5.11 Å². The van der Waals surface area contributed by atoms with Crippen LogP contribution in [0, 0.1) is 0 Å². The third kappa shape index (κ3) is 1.70. The Hall–Kier alpha value is -1.50. The molecule has 1 N–H and O–H groups in total. The number of hydrogen-bond acceptors (Lipinski definition) is 4. The lowest BCUT2D eigenvalue weighted by atomic mass is 10.2. The normalized spacial score (nSPS) is 12.9. The Bertz CT molecular complexity index is 524. The summed E-state index contributed by atoms with van der Waals surface area (Å²) < 4.78 is 2.21. The summed E-state index contributed by atoms with van der Waals surface area (Å²) in [6, 6.07) is 0. The second kappa shape index (κ2) is 3.58. The number of carboxylic acid groups (broad SMARTS) is 1. The van der Waals surface area contributed by atoms with Gasteiger partial charge in [0, 0.05) is 6.20 Å². The fourth-order valence-corrected chi connectivity index (χ4v) is 1.51. The monoisotopic (exact) mass is 270 g/mol. The van der Waals surface area contributed by atoms with Crippen LogP contribution < -0.4 is 0 Å². The Morgan fingerprint density at radius 3 is 3.00 bits per heavy atom. The van der Waals surface area contributed by atoms with Crippen molar-refractivity contribution in [3.63, 3.8) is 0 Å². The van der Waals surface area contributed by atoms with E-state index in [1.54, 1.807) is 17.5 Å². The molecule has 0 aliphatic rings. The first-order valence-corrected chi connectivity index (χ1v) is 4.98. The van der Waals surface area contributed by atoms with E-state index in [0.717, 1.165) is 0 Å². The molecular weight excluding hydrogens is 264 g/mol. The minimum absolute atomic E-state index is 0.389. The van der Waals surface area contributed by atoms with Crippen molar-refractivity contribution in [2.75, 3.05) is 0 Å². The molecule has 0 bridgehead atoms. The van der Waals surface area contributed by atoms with Gasteiger partial charge in [-0.25, -0.2) is 4.98 Å². The van der Waals surface area contributed by atoms with E-state index in [1.165, 1.54) is 6.20 Å². The lowest BCUT2D eigenvalue weighted by molar-refractivity contribution is -0.138. The SMILES string of the molecule is CC(C(=O)O)c1nnc2cnc(Br)cn12. The number of aliphatic carboxylic acids is 1. The van der Waals surface area contributed by atoms with E-state index in [1.807, 2.05) is 0 Å². The Balaban J connectivity index is 2.61. The number of hydrogen-bond donors (Lipinski definition) is 1. The number of carboxylic acids is 1. The highest BCUT2D eigenvalue weighted by molar-refractivity contribution is 9.10. The molecule has 0 fully saturated rings. The molecule has 0 spiro atoms. The summed E-state index contributed by atoms with van der Waals surface area (Å²) in [4.78, 5) is 14.8. The molecule has 2 heterocycles. The first kappa shape index (κ1) is 10.0.